The Morgan fingerprint density at radius 2 is 1.47 bits per heavy atom. The normalized spacial score (nSPS) is 10.9. The highest BCUT2D eigenvalue weighted by Crippen LogP contribution is 2.45. The molecule has 0 amide bonds. The van der Waals surface area contributed by atoms with Crippen LogP contribution < -0.4 is 18.7 Å². The van der Waals surface area contributed by atoms with Crippen molar-refractivity contribution in [2.45, 2.75) is 0 Å². The lowest BCUT2D eigenvalue weighted by Crippen LogP contribution is -1.97. The maximum absolute atomic E-state index is 10.7. The van der Waals surface area contributed by atoms with E-state index in [2.05, 4.69) is 4.52 Å². The molecular formula is C9H13O7P. The molecule has 1 rings (SSSR count). The number of rotatable bonds is 5. The molecule has 0 aliphatic rings. The minimum absolute atomic E-state index is 0.0761. The Morgan fingerprint density at radius 3 is 1.76 bits per heavy atom. The predicted octanol–water partition coefficient (Wildman–Crippen LogP) is 1.18. The van der Waals surface area contributed by atoms with Crippen LogP contribution in [0.4, 0.5) is 0 Å². The fourth-order valence-corrected chi connectivity index (χ4v) is 1.63. The highest BCUT2D eigenvalue weighted by Gasteiger charge is 2.20. The number of benzene rings is 1. The second-order valence-electron chi connectivity index (χ2n) is 2.94. The Kier molecular flexibility index (Phi) is 4.22. The number of hydrogen-bond acceptors (Lipinski definition) is 5. The molecule has 17 heavy (non-hydrogen) atoms. The third-order valence-corrected chi connectivity index (χ3v) is 2.31. The van der Waals surface area contributed by atoms with Crippen molar-refractivity contribution in [3.63, 3.8) is 0 Å². The second-order valence-corrected chi connectivity index (χ2v) is 4.11. The summed E-state index contributed by atoms with van der Waals surface area (Å²) in [7, 11) is -0.428. The van der Waals surface area contributed by atoms with Crippen LogP contribution in [-0.2, 0) is 4.57 Å². The van der Waals surface area contributed by atoms with Gasteiger partial charge in [-0.1, -0.05) is 0 Å². The molecular weight excluding hydrogens is 251 g/mol. The topological polar surface area (TPSA) is 94.5 Å². The lowest BCUT2D eigenvalue weighted by atomic mass is 10.2. The molecule has 1 aromatic carbocycles. The average Bonchev–Trinajstić information content (AvgIpc) is 2.25. The number of phosphoric acid groups is 1. The minimum Gasteiger partial charge on any atom is -0.493 e. The first-order valence-corrected chi connectivity index (χ1v) is 5.99. The summed E-state index contributed by atoms with van der Waals surface area (Å²) in [5, 5.41) is 0. The maximum atomic E-state index is 10.7. The maximum Gasteiger partial charge on any atom is 0.524 e. The van der Waals surface area contributed by atoms with E-state index in [-0.39, 0.29) is 17.2 Å². The summed E-state index contributed by atoms with van der Waals surface area (Å²) >= 11 is 0. The van der Waals surface area contributed by atoms with Crippen LogP contribution in [0.2, 0.25) is 0 Å². The Morgan fingerprint density at radius 1 is 1.00 bits per heavy atom. The van der Waals surface area contributed by atoms with E-state index in [1.54, 1.807) is 0 Å². The van der Waals surface area contributed by atoms with Crippen molar-refractivity contribution in [1.29, 1.82) is 0 Å². The first-order chi connectivity index (χ1) is 7.91. The Labute approximate surface area is 98.1 Å². The van der Waals surface area contributed by atoms with Gasteiger partial charge in [-0.15, -0.1) is 0 Å². The van der Waals surface area contributed by atoms with Crippen LogP contribution in [0.3, 0.4) is 0 Å². The van der Waals surface area contributed by atoms with Gasteiger partial charge in [0.2, 0.25) is 5.75 Å². The zero-order valence-corrected chi connectivity index (χ0v) is 10.4. The van der Waals surface area contributed by atoms with Crippen LogP contribution in [0.1, 0.15) is 0 Å². The van der Waals surface area contributed by atoms with Gasteiger partial charge < -0.3 is 18.7 Å². The summed E-state index contributed by atoms with van der Waals surface area (Å²) in [4.78, 5) is 17.4. The largest absolute Gasteiger partial charge is 0.524 e. The van der Waals surface area contributed by atoms with Crippen molar-refractivity contribution in [2.24, 2.45) is 0 Å². The molecule has 0 saturated heterocycles. The lowest BCUT2D eigenvalue weighted by molar-refractivity contribution is 0.280. The first-order valence-electron chi connectivity index (χ1n) is 4.46. The Balaban J connectivity index is 3.22. The fraction of sp³-hybridized carbons (Fsp3) is 0.333. The molecule has 0 bridgehead atoms. The Hall–Kier alpha value is -1.43. The summed E-state index contributed by atoms with van der Waals surface area (Å²) < 4.78 is 30.2. The van der Waals surface area contributed by atoms with Gasteiger partial charge in [0.1, 0.15) is 5.75 Å². The summed E-state index contributed by atoms with van der Waals surface area (Å²) in [6, 6.07) is 2.58. The molecule has 0 fully saturated rings. The van der Waals surface area contributed by atoms with E-state index in [9.17, 15) is 4.57 Å². The van der Waals surface area contributed by atoms with Gasteiger partial charge in [-0.05, 0) is 0 Å². The van der Waals surface area contributed by atoms with E-state index in [1.165, 1.54) is 33.5 Å². The van der Waals surface area contributed by atoms with Gasteiger partial charge in [0.25, 0.3) is 0 Å². The van der Waals surface area contributed by atoms with Crippen molar-refractivity contribution in [1.82, 2.24) is 0 Å². The van der Waals surface area contributed by atoms with Crippen molar-refractivity contribution in [3.8, 4) is 23.0 Å². The first kappa shape index (κ1) is 13.6. The summed E-state index contributed by atoms with van der Waals surface area (Å²) in [5.41, 5.74) is 0. The summed E-state index contributed by atoms with van der Waals surface area (Å²) in [5.74, 6) is 0.728. The zero-order chi connectivity index (χ0) is 13.1. The predicted molar refractivity (Wildman–Crippen MR) is 58.8 cm³/mol. The lowest BCUT2D eigenvalue weighted by Gasteiger charge is -2.14. The molecule has 0 saturated carbocycles. The number of phosphoric ester groups is 1. The highest BCUT2D eigenvalue weighted by molar-refractivity contribution is 7.46. The van der Waals surface area contributed by atoms with Crippen LogP contribution in [0.5, 0.6) is 23.0 Å². The van der Waals surface area contributed by atoms with Gasteiger partial charge in [0.05, 0.1) is 21.3 Å². The number of ether oxygens (including phenoxy) is 3. The van der Waals surface area contributed by atoms with Crippen LogP contribution in [0.15, 0.2) is 12.1 Å². The van der Waals surface area contributed by atoms with Crippen LogP contribution in [0.25, 0.3) is 0 Å². The molecule has 8 heteroatoms. The van der Waals surface area contributed by atoms with Gasteiger partial charge in [-0.2, -0.15) is 0 Å². The van der Waals surface area contributed by atoms with Gasteiger partial charge in [-0.3, -0.25) is 9.79 Å². The zero-order valence-electron chi connectivity index (χ0n) is 9.54. The van der Waals surface area contributed by atoms with Crippen molar-refractivity contribution in [2.75, 3.05) is 21.3 Å². The Bertz CT molecular complexity index is 414. The van der Waals surface area contributed by atoms with E-state index in [4.69, 9.17) is 24.0 Å². The van der Waals surface area contributed by atoms with Crippen molar-refractivity contribution >= 4 is 7.82 Å². The minimum atomic E-state index is -4.62. The van der Waals surface area contributed by atoms with Crippen LogP contribution >= 0.6 is 7.82 Å². The van der Waals surface area contributed by atoms with E-state index in [1.807, 2.05) is 0 Å². The molecule has 96 valence electrons. The second kappa shape index (κ2) is 5.27. The molecule has 2 N–H and O–H groups in total. The molecule has 1 aromatic rings. The van der Waals surface area contributed by atoms with Gasteiger partial charge >= 0.3 is 7.82 Å². The molecule has 0 radical (unpaired) electrons. The van der Waals surface area contributed by atoms with E-state index in [0.717, 1.165) is 0 Å². The third kappa shape index (κ3) is 3.52. The fourth-order valence-electron chi connectivity index (χ4n) is 1.25. The molecule has 0 aromatic heterocycles. The molecule has 0 heterocycles. The monoisotopic (exact) mass is 264 g/mol. The summed E-state index contributed by atoms with van der Waals surface area (Å²) in [6.07, 6.45) is 0. The molecule has 7 nitrogen and oxygen atoms in total. The quantitative estimate of drug-likeness (QED) is 0.771. The standard InChI is InChI=1S/C9H13O7P/c1-13-7-4-6(16-17(10,11)12)5-8(14-2)9(7)15-3/h4-5H,1-3H3,(H2,10,11,12). The third-order valence-electron chi connectivity index (χ3n) is 1.86. The smallest absolute Gasteiger partial charge is 0.493 e. The molecule has 0 unspecified atom stereocenters. The number of hydrogen-bond donors (Lipinski definition) is 2. The van der Waals surface area contributed by atoms with Crippen molar-refractivity contribution < 1.29 is 33.1 Å². The number of methoxy groups -OCH3 is 3. The summed E-state index contributed by atoms with van der Waals surface area (Å²) in [6.45, 7) is 0. The average molecular weight is 264 g/mol. The molecule has 0 aliphatic carbocycles. The molecule has 0 atom stereocenters. The van der Waals surface area contributed by atoms with Gasteiger partial charge in [0, 0.05) is 12.1 Å². The van der Waals surface area contributed by atoms with Crippen LogP contribution in [0, 0.1) is 0 Å². The van der Waals surface area contributed by atoms with Gasteiger partial charge in [0.15, 0.2) is 11.5 Å². The SMILES string of the molecule is COc1cc(OP(=O)(O)O)cc(OC)c1OC. The van der Waals surface area contributed by atoms with E-state index < -0.39 is 7.82 Å². The highest BCUT2D eigenvalue weighted by atomic mass is 31.2. The van der Waals surface area contributed by atoms with Crippen LogP contribution in [-0.4, -0.2) is 31.1 Å². The van der Waals surface area contributed by atoms with Crippen molar-refractivity contribution in [3.05, 3.63) is 12.1 Å². The van der Waals surface area contributed by atoms with Gasteiger partial charge in [-0.25, -0.2) is 4.57 Å². The van der Waals surface area contributed by atoms with E-state index in [0.29, 0.717) is 5.75 Å². The molecule has 0 aliphatic heterocycles. The van der Waals surface area contributed by atoms with E-state index >= 15 is 0 Å². The molecule has 0 spiro atoms.